The van der Waals surface area contributed by atoms with E-state index in [4.69, 9.17) is 0 Å². The molecule has 0 aliphatic rings. The number of anilines is 1. The summed E-state index contributed by atoms with van der Waals surface area (Å²) < 4.78 is 0. The molecular formula is C17H29N5O. The number of hydrogen-bond acceptors (Lipinski definition) is 3. The zero-order valence-electron chi connectivity index (χ0n) is 14.5. The minimum absolute atomic E-state index is 0.0579. The summed E-state index contributed by atoms with van der Waals surface area (Å²) >= 11 is 0. The molecule has 0 aliphatic heterocycles. The number of guanidine groups is 1. The Morgan fingerprint density at radius 1 is 1.22 bits per heavy atom. The Hall–Kier alpha value is -2.11. The lowest BCUT2D eigenvalue weighted by molar-refractivity contribution is -0.116. The molecule has 0 atom stereocenters. The van der Waals surface area contributed by atoms with Gasteiger partial charge < -0.3 is 16.0 Å². The lowest BCUT2D eigenvalue weighted by atomic mass is 10.2. The predicted octanol–water partition coefficient (Wildman–Crippen LogP) is 2.46. The van der Waals surface area contributed by atoms with Crippen LogP contribution in [-0.2, 0) is 4.79 Å². The fourth-order valence-corrected chi connectivity index (χ4v) is 2.01. The number of rotatable bonds is 9. The van der Waals surface area contributed by atoms with Crippen molar-refractivity contribution in [2.45, 2.75) is 46.5 Å². The molecule has 6 heteroatoms. The number of pyridine rings is 1. The van der Waals surface area contributed by atoms with E-state index in [1.165, 1.54) is 12.8 Å². The summed E-state index contributed by atoms with van der Waals surface area (Å²) in [5, 5.41) is 9.17. The highest BCUT2D eigenvalue weighted by molar-refractivity contribution is 5.90. The van der Waals surface area contributed by atoms with Crippen LogP contribution in [0.3, 0.4) is 0 Å². The van der Waals surface area contributed by atoms with E-state index in [2.05, 4.69) is 32.9 Å². The lowest BCUT2D eigenvalue weighted by Gasteiger charge is -2.11. The molecule has 0 aromatic carbocycles. The van der Waals surface area contributed by atoms with Gasteiger partial charge in [0, 0.05) is 31.7 Å². The van der Waals surface area contributed by atoms with Crippen LogP contribution in [0.4, 0.5) is 5.82 Å². The van der Waals surface area contributed by atoms with E-state index in [-0.39, 0.29) is 5.91 Å². The molecule has 1 amide bonds. The molecule has 0 radical (unpaired) electrons. The molecule has 0 fully saturated rings. The summed E-state index contributed by atoms with van der Waals surface area (Å²) in [6.45, 7) is 8.25. The van der Waals surface area contributed by atoms with Crippen LogP contribution in [0.2, 0.25) is 0 Å². The summed E-state index contributed by atoms with van der Waals surface area (Å²) in [6.07, 6.45) is 3.84. The number of carbonyl (C=O) groups is 1. The normalized spacial score (nSPS) is 11.2. The van der Waals surface area contributed by atoms with Crippen LogP contribution in [0.25, 0.3) is 0 Å². The van der Waals surface area contributed by atoms with Gasteiger partial charge in [-0.05, 0) is 32.4 Å². The summed E-state index contributed by atoms with van der Waals surface area (Å²) in [7, 11) is 0. The van der Waals surface area contributed by atoms with E-state index in [1.54, 1.807) is 6.07 Å². The summed E-state index contributed by atoms with van der Waals surface area (Å²) in [5.74, 6) is 1.30. The minimum atomic E-state index is -0.0579. The molecule has 0 aliphatic carbocycles. The molecule has 0 spiro atoms. The van der Waals surface area contributed by atoms with E-state index in [1.807, 2.05) is 26.0 Å². The molecule has 1 aromatic rings. The van der Waals surface area contributed by atoms with E-state index < -0.39 is 0 Å². The van der Waals surface area contributed by atoms with Crippen LogP contribution >= 0.6 is 0 Å². The van der Waals surface area contributed by atoms with Gasteiger partial charge in [-0.15, -0.1) is 0 Å². The molecule has 0 saturated heterocycles. The average Bonchev–Trinajstić information content (AvgIpc) is 2.51. The van der Waals surface area contributed by atoms with Crippen molar-refractivity contribution in [3.05, 3.63) is 23.9 Å². The number of aliphatic imine (C=N–C) groups is 1. The smallest absolute Gasteiger partial charge is 0.227 e. The molecule has 3 N–H and O–H groups in total. The van der Waals surface area contributed by atoms with E-state index in [0.29, 0.717) is 18.8 Å². The molecule has 0 saturated carbocycles. The van der Waals surface area contributed by atoms with Gasteiger partial charge in [-0.1, -0.05) is 25.8 Å². The Balaban J connectivity index is 2.32. The second-order valence-corrected chi connectivity index (χ2v) is 5.36. The molecule has 1 heterocycles. The Kier molecular flexibility index (Phi) is 9.43. The maximum atomic E-state index is 11.9. The Labute approximate surface area is 139 Å². The van der Waals surface area contributed by atoms with Crippen molar-refractivity contribution >= 4 is 17.7 Å². The van der Waals surface area contributed by atoms with Crippen molar-refractivity contribution in [2.24, 2.45) is 4.99 Å². The highest BCUT2D eigenvalue weighted by atomic mass is 16.1. The highest BCUT2D eigenvalue weighted by Crippen LogP contribution is 2.03. The van der Waals surface area contributed by atoms with Gasteiger partial charge >= 0.3 is 0 Å². The Morgan fingerprint density at radius 2 is 2.04 bits per heavy atom. The minimum Gasteiger partial charge on any atom is -0.357 e. The second kappa shape index (κ2) is 11.5. The molecular weight excluding hydrogens is 290 g/mol. The Bertz CT molecular complexity index is 502. The third kappa shape index (κ3) is 8.80. The van der Waals surface area contributed by atoms with Crippen LogP contribution in [0.15, 0.2) is 23.2 Å². The van der Waals surface area contributed by atoms with Crippen molar-refractivity contribution in [1.29, 1.82) is 0 Å². The van der Waals surface area contributed by atoms with Crippen LogP contribution in [0.1, 0.15) is 45.2 Å². The van der Waals surface area contributed by atoms with Gasteiger partial charge in [-0.3, -0.25) is 9.79 Å². The molecule has 1 rings (SSSR count). The van der Waals surface area contributed by atoms with Crippen molar-refractivity contribution in [3.63, 3.8) is 0 Å². The zero-order valence-corrected chi connectivity index (χ0v) is 14.5. The monoisotopic (exact) mass is 319 g/mol. The molecule has 0 bridgehead atoms. The Morgan fingerprint density at radius 3 is 2.74 bits per heavy atom. The summed E-state index contributed by atoms with van der Waals surface area (Å²) in [4.78, 5) is 20.7. The van der Waals surface area contributed by atoms with Gasteiger partial charge in [0.2, 0.25) is 5.91 Å². The number of hydrogen-bond donors (Lipinski definition) is 3. The van der Waals surface area contributed by atoms with E-state index in [9.17, 15) is 4.79 Å². The fraction of sp³-hybridized carbons (Fsp3) is 0.588. The van der Waals surface area contributed by atoms with Gasteiger partial charge in [0.1, 0.15) is 5.82 Å². The van der Waals surface area contributed by atoms with Gasteiger partial charge in [0.25, 0.3) is 0 Å². The van der Waals surface area contributed by atoms with Crippen molar-refractivity contribution < 1.29 is 4.79 Å². The summed E-state index contributed by atoms with van der Waals surface area (Å²) in [5.41, 5.74) is 0.884. The van der Waals surface area contributed by atoms with E-state index in [0.717, 1.165) is 31.2 Å². The van der Waals surface area contributed by atoms with Crippen LogP contribution < -0.4 is 16.0 Å². The lowest BCUT2D eigenvalue weighted by Crippen LogP contribution is -2.38. The number of nitrogens with one attached hydrogen (secondary N) is 3. The first-order chi connectivity index (χ1) is 11.2. The second-order valence-electron chi connectivity index (χ2n) is 5.36. The maximum absolute atomic E-state index is 11.9. The molecule has 6 nitrogen and oxygen atoms in total. The topological polar surface area (TPSA) is 78.4 Å². The van der Waals surface area contributed by atoms with E-state index >= 15 is 0 Å². The molecule has 128 valence electrons. The first-order valence-electron chi connectivity index (χ1n) is 8.41. The quantitative estimate of drug-likeness (QED) is 0.371. The van der Waals surface area contributed by atoms with Crippen molar-refractivity contribution in [2.75, 3.05) is 25.0 Å². The first-order valence-corrected chi connectivity index (χ1v) is 8.41. The predicted molar refractivity (Wildman–Crippen MR) is 95.7 cm³/mol. The van der Waals surface area contributed by atoms with Crippen molar-refractivity contribution in [3.8, 4) is 0 Å². The summed E-state index contributed by atoms with van der Waals surface area (Å²) in [6, 6.07) is 5.56. The number of carbonyl (C=O) groups excluding carboxylic acids is 1. The van der Waals surface area contributed by atoms with Crippen molar-refractivity contribution in [1.82, 2.24) is 15.6 Å². The third-order valence-electron chi connectivity index (χ3n) is 3.18. The molecule has 1 aromatic heterocycles. The fourth-order valence-electron chi connectivity index (χ4n) is 2.01. The average molecular weight is 319 g/mol. The highest BCUT2D eigenvalue weighted by Gasteiger charge is 2.04. The standard InChI is InChI=1S/C17H29N5O/c1-4-6-7-12-19-17(18-5-2)20-13-11-16(23)22-15-10-8-9-14(3)21-15/h8-10H,4-7,11-13H2,1-3H3,(H2,18,19,20)(H,21,22,23). The van der Waals surface area contributed by atoms with Gasteiger partial charge in [0.05, 0.1) is 0 Å². The number of amides is 1. The SMILES string of the molecule is CCCCCN=C(NCC)NCCC(=O)Nc1cccc(C)n1. The molecule has 0 unspecified atom stereocenters. The maximum Gasteiger partial charge on any atom is 0.227 e. The van der Waals surface area contributed by atoms with Gasteiger partial charge in [-0.2, -0.15) is 0 Å². The number of aryl methyl sites for hydroxylation is 1. The molecule has 23 heavy (non-hydrogen) atoms. The van der Waals surface area contributed by atoms with Gasteiger partial charge in [-0.25, -0.2) is 4.98 Å². The number of unbranched alkanes of at least 4 members (excludes halogenated alkanes) is 2. The number of aromatic nitrogens is 1. The van der Waals surface area contributed by atoms with Gasteiger partial charge in [0.15, 0.2) is 5.96 Å². The largest absolute Gasteiger partial charge is 0.357 e. The van der Waals surface area contributed by atoms with Crippen LogP contribution in [0.5, 0.6) is 0 Å². The van der Waals surface area contributed by atoms with Crippen LogP contribution in [0, 0.1) is 6.92 Å². The zero-order chi connectivity index (χ0) is 16.9. The number of nitrogens with zero attached hydrogens (tertiary/aromatic N) is 2. The third-order valence-corrected chi connectivity index (χ3v) is 3.18. The van der Waals surface area contributed by atoms with Crippen LogP contribution in [-0.4, -0.2) is 36.5 Å². The first kappa shape index (κ1) is 18.9.